The normalized spacial score (nSPS) is 22.3. The second kappa shape index (κ2) is 12.0. The Balaban J connectivity index is 1.89. The van der Waals surface area contributed by atoms with Crippen LogP contribution in [0.5, 0.6) is 0 Å². The molecule has 1 aliphatic heterocycles. The van der Waals surface area contributed by atoms with Crippen LogP contribution in [0.4, 0.5) is 0 Å². The minimum Gasteiger partial charge on any atom is -0.368 e. The molecule has 2 unspecified atom stereocenters. The van der Waals surface area contributed by atoms with Crippen LogP contribution in [-0.2, 0) is 4.79 Å². The van der Waals surface area contributed by atoms with Crippen molar-refractivity contribution in [1.82, 2.24) is 5.32 Å². The minimum atomic E-state index is -0.178. The van der Waals surface area contributed by atoms with Crippen LogP contribution in [0, 0.1) is 5.92 Å². The lowest BCUT2D eigenvalue weighted by Gasteiger charge is -2.28. The summed E-state index contributed by atoms with van der Waals surface area (Å²) < 4.78 is 0. The maximum atomic E-state index is 11.2. The van der Waals surface area contributed by atoms with Gasteiger partial charge < -0.3 is 11.1 Å². The predicted molar refractivity (Wildman–Crippen MR) is 90.2 cm³/mol. The van der Waals surface area contributed by atoms with E-state index >= 15 is 0 Å². The Morgan fingerprint density at radius 2 is 1.57 bits per heavy atom. The van der Waals surface area contributed by atoms with E-state index < -0.39 is 0 Å². The average Bonchev–Trinajstić information content (AvgIpc) is 2.49. The summed E-state index contributed by atoms with van der Waals surface area (Å²) in [4.78, 5) is 11.2. The van der Waals surface area contributed by atoms with Crippen LogP contribution in [0.1, 0.15) is 90.4 Å². The maximum absolute atomic E-state index is 11.2. The minimum absolute atomic E-state index is 0.0770. The summed E-state index contributed by atoms with van der Waals surface area (Å²) in [5, 5.41) is 3.21. The molecule has 0 saturated carbocycles. The number of rotatable bonds is 12. The number of nitrogens with one attached hydrogen (secondary N) is 1. The van der Waals surface area contributed by atoms with E-state index in [0.29, 0.717) is 5.92 Å². The number of hydrogen-bond donors (Lipinski definition) is 2. The van der Waals surface area contributed by atoms with Gasteiger partial charge in [-0.1, -0.05) is 77.6 Å². The van der Waals surface area contributed by atoms with Gasteiger partial charge in [0.2, 0.25) is 5.91 Å². The van der Waals surface area contributed by atoms with Gasteiger partial charge in [0.15, 0.2) is 0 Å². The van der Waals surface area contributed by atoms with Crippen LogP contribution in [0.25, 0.3) is 0 Å². The van der Waals surface area contributed by atoms with Gasteiger partial charge in [-0.15, -0.1) is 0 Å². The lowest BCUT2D eigenvalue weighted by atomic mass is 9.87. The number of carbonyl (C=O) groups excluding carboxylic acids is 1. The first kappa shape index (κ1) is 18.5. The van der Waals surface area contributed by atoms with E-state index in [1.807, 2.05) is 0 Å². The van der Waals surface area contributed by atoms with Gasteiger partial charge in [0, 0.05) is 0 Å². The number of primary amides is 1. The molecule has 3 heteroatoms. The predicted octanol–water partition coefficient (Wildman–Crippen LogP) is 4.15. The molecule has 1 heterocycles. The second-order valence-corrected chi connectivity index (χ2v) is 6.77. The van der Waals surface area contributed by atoms with Crippen molar-refractivity contribution in [2.45, 2.75) is 96.4 Å². The highest BCUT2D eigenvalue weighted by atomic mass is 16.1. The Hall–Kier alpha value is -0.570. The molecular formula is C18H36N2O. The van der Waals surface area contributed by atoms with Crippen molar-refractivity contribution in [1.29, 1.82) is 0 Å². The third-order valence-electron chi connectivity index (χ3n) is 4.82. The molecule has 0 aromatic rings. The molecule has 1 aliphatic rings. The van der Waals surface area contributed by atoms with Crippen LogP contribution >= 0.6 is 0 Å². The Morgan fingerprint density at radius 1 is 1.00 bits per heavy atom. The molecule has 1 rings (SSSR count). The van der Waals surface area contributed by atoms with Gasteiger partial charge in [-0.05, 0) is 25.3 Å². The number of nitrogens with two attached hydrogens (primary N) is 1. The average molecular weight is 296 g/mol. The molecule has 1 amide bonds. The number of unbranched alkanes of at least 4 members (excludes halogenated alkanes) is 9. The van der Waals surface area contributed by atoms with Gasteiger partial charge >= 0.3 is 0 Å². The van der Waals surface area contributed by atoms with Crippen molar-refractivity contribution in [2.24, 2.45) is 11.7 Å². The van der Waals surface area contributed by atoms with Gasteiger partial charge in [0.05, 0.1) is 6.04 Å². The van der Waals surface area contributed by atoms with Crippen molar-refractivity contribution in [3.05, 3.63) is 0 Å². The molecule has 124 valence electrons. The number of hydrogen-bond acceptors (Lipinski definition) is 2. The van der Waals surface area contributed by atoms with Gasteiger partial charge in [-0.25, -0.2) is 0 Å². The van der Waals surface area contributed by atoms with Crippen molar-refractivity contribution in [2.75, 3.05) is 6.54 Å². The molecule has 0 spiro atoms. The fourth-order valence-electron chi connectivity index (χ4n) is 3.40. The van der Waals surface area contributed by atoms with Crippen LogP contribution in [-0.4, -0.2) is 18.5 Å². The molecule has 0 aliphatic carbocycles. The zero-order valence-corrected chi connectivity index (χ0v) is 14.0. The van der Waals surface area contributed by atoms with Crippen molar-refractivity contribution < 1.29 is 4.79 Å². The molecular weight excluding hydrogens is 260 g/mol. The Kier molecular flexibility index (Phi) is 10.6. The third kappa shape index (κ3) is 9.13. The van der Waals surface area contributed by atoms with E-state index in [2.05, 4.69) is 12.2 Å². The SMILES string of the molecule is CCCCCCCCCCCCC1CCNC(C(N)=O)C1. The zero-order chi connectivity index (χ0) is 15.3. The standard InChI is InChI=1S/C18H36N2O/c1-2-3-4-5-6-7-8-9-10-11-12-16-13-14-20-17(15-16)18(19)21/h16-17,20H,2-15H2,1H3,(H2,19,21). The van der Waals surface area contributed by atoms with Gasteiger partial charge in [-0.2, -0.15) is 0 Å². The smallest absolute Gasteiger partial charge is 0.234 e. The van der Waals surface area contributed by atoms with Crippen LogP contribution < -0.4 is 11.1 Å². The zero-order valence-electron chi connectivity index (χ0n) is 14.0. The largest absolute Gasteiger partial charge is 0.368 e. The summed E-state index contributed by atoms with van der Waals surface area (Å²) in [6, 6.07) is -0.0770. The van der Waals surface area contributed by atoms with E-state index in [0.717, 1.165) is 13.0 Å². The van der Waals surface area contributed by atoms with Crippen LogP contribution in [0.15, 0.2) is 0 Å². The molecule has 0 aromatic carbocycles. The molecule has 3 nitrogen and oxygen atoms in total. The van der Waals surface area contributed by atoms with Crippen molar-refractivity contribution in [3.63, 3.8) is 0 Å². The fourth-order valence-corrected chi connectivity index (χ4v) is 3.40. The number of carbonyl (C=O) groups is 1. The van der Waals surface area contributed by atoms with Gasteiger partial charge in [0.25, 0.3) is 0 Å². The fraction of sp³-hybridized carbons (Fsp3) is 0.944. The van der Waals surface area contributed by atoms with E-state index in [1.165, 1.54) is 77.0 Å². The summed E-state index contributed by atoms with van der Waals surface area (Å²) in [5.41, 5.74) is 5.38. The Morgan fingerprint density at radius 3 is 2.14 bits per heavy atom. The molecule has 0 radical (unpaired) electrons. The molecule has 0 aromatic heterocycles. The summed E-state index contributed by atoms with van der Waals surface area (Å²) in [6.07, 6.45) is 17.4. The highest BCUT2D eigenvalue weighted by molar-refractivity contribution is 5.79. The van der Waals surface area contributed by atoms with E-state index in [4.69, 9.17) is 5.73 Å². The topological polar surface area (TPSA) is 55.1 Å². The highest BCUT2D eigenvalue weighted by Crippen LogP contribution is 2.23. The second-order valence-electron chi connectivity index (χ2n) is 6.77. The van der Waals surface area contributed by atoms with Crippen LogP contribution in [0.2, 0.25) is 0 Å². The monoisotopic (exact) mass is 296 g/mol. The summed E-state index contributed by atoms with van der Waals surface area (Å²) in [5.74, 6) is 0.528. The lowest BCUT2D eigenvalue weighted by molar-refractivity contribution is -0.120. The molecule has 1 fully saturated rings. The first-order valence-electron chi connectivity index (χ1n) is 9.26. The van der Waals surface area contributed by atoms with E-state index in [9.17, 15) is 4.79 Å². The summed E-state index contributed by atoms with van der Waals surface area (Å²) in [7, 11) is 0. The summed E-state index contributed by atoms with van der Waals surface area (Å²) >= 11 is 0. The van der Waals surface area contributed by atoms with Crippen molar-refractivity contribution in [3.8, 4) is 0 Å². The molecule has 2 atom stereocenters. The Labute approximate surface area is 131 Å². The number of piperidine rings is 1. The first-order chi connectivity index (χ1) is 10.2. The van der Waals surface area contributed by atoms with Crippen molar-refractivity contribution >= 4 is 5.91 Å². The Bertz CT molecular complexity index is 268. The molecule has 21 heavy (non-hydrogen) atoms. The van der Waals surface area contributed by atoms with E-state index in [-0.39, 0.29) is 11.9 Å². The number of amides is 1. The van der Waals surface area contributed by atoms with E-state index in [1.54, 1.807) is 0 Å². The highest BCUT2D eigenvalue weighted by Gasteiger charge is 2.24. The maximum Gasteiger partial charge on any atom is 0.234 e. The molecule has 0 bridgehead atoms. The third-order valence-corrected chi connectivity index (χ3v) is 4.82. The lowest BCUT2D eigenvalue weighted by Crippen LogP contribution is -2.46. The summed E-state index contributed by atoms with van der Waals surface area (Å²) in [6.45, 7) is 3.23. The van der Waals surface area contributed by atoms with Crippen LogP contribution in [0.3, 0.4) is 0 Å². The van der Waals surface area contributed by atoms with Gasteiger partial charge in [-0.3, -0.25) is 4.79 Å². The molecule has 1 saturated heterocycles. The van der Waals surface area contributed by atoms with Gasteiger partial charge in [0.1, 0.15) is 0 Å². The quantitative estimate of drug-likeness (QED) is 0.531. The first-order valence-corrected chi connectivity index (χ1v) is 9.26. The molecule has 3 N–H and O–H groups in total.